The molecule has 1 aliphatic carbocycles. The lowest BCUT2D eigenvalue weighted by Crippen LogP contribution is -2.29. The predicted molar refractivity (Wildman–Crippen MR) is 135 cm³/mol. The molecule has 0 bridgehead atoms. The maximum Gasteiger partial charge on any atom is 0.276 e. The Morgan fingerprint density at radius 1 is 1.05 bits per heavy atom. The second kappa shape index (κ2) is 8.77. The number of hydrogen-bond acceptors (Lipinski definition) is 6. The Bertz CT molecular complexity index is 1560. The molecule has 3 heterocycles. The van der Waals surface area contributed by atoms with Gasteiger partial charge in [0, 0.05) is 30.6 Å². The largest absolute Gasteiger partial charge is 0.367 e. The second-order valence-electron chi connectivity index (χ2n) is 9.75. The highest BCUT2D eigenvalue weighted by molar-refractivity contribution is 6.09. The van der Waals surface area contributed by atoms with E-state index in [1.54, 1.807) is 0 Å². The van der Waals surface area contributed by atoms with E-state index in [-0.39, 0.29) is 17.7 Å². The van der Waals surface area contributed by atoms with Crippen LogP contribution in [0.15, 0.2) is 53.5 Å². The Labute approximate surface area is 210 Å². The van der Waals surface area contributed by atoms with E-state index >= 15 is 0 Å². The van der Waals surface area contributed by atoms with Crippen molar-refractivity contribution >= 4 is 28.2 Å². The summed E-state index contributed by atoms with van der Waals surface area (Å²) < 4.78 is 31.2. The van der Waals surface area contributed by atoms with Crippen molar-refractivity contribution in [3.8, 4) is 5.69 Å². The number of aromatic nitrogens is 4. The van der Waals surface area contributed by atoms with Crippen molar-refractivity contribution in [2.75, 3.05) is 23.3 Å². The molecule has 4 aromatic rings. The molecule has 1 aliphatic heterocycles. The van der Waals surface area contributed by atoms with Gasteiger partial charge in [-0.2, -0.15) is 14.9 Å². The lowest BCUT2D eigenvalue weighted by Gasteiger charge is -2.23. The first kappa shape index (κ1) is 23.3. The molecule has 6 rings (SSSR count). The number of rotatable bonds is 5. The van der Waals surface area contributed by atoms with Gasteiger partial charge in [0.05, 0.1) is 29.1 Å². The van der Waals surface area contributed by atoms with E-state index in [1.165, 1.54) is 12.1 Å². The SMILES string of the molecule is C[C@H]1CN(c2c(NC(=O)c3ccc(=O)n(-c4c(F)cccc4F)n3)ccc3c2cnn3C2CC2)C[C@@H]1N. The first-order chi connectivity index (χ1) is 17.8. The highest BCUT2D eigenvalue weighted by atomic mass is 19.1. The Hall–Kier alpha value is -4.12. The van der Waals surface area contributed by atoms with Crippen molar-refractivity contribution in [3.05, 3.63) is 76.3 Å². The molecule has 2 aromatic heterocycles. The van der Waals surface area contributed by atoms with Crippen LogP contribution in [0, 0.1) is 17.6 Å². The Balaban J connectivity index is 1.40. The summed E-state index contributed by atoms with van der Waals surface area (Å²) >= 11 is 0. The zero-order chi connectivity index (χ0) is 25.8. The summed E-state index contributed by atoms with van der Waals surface area (Å²) in [5, 5.41) is 12.4. The van der Waals surface area contributed by atoms with Crippen molar-refractivity contribution in [3.63, 3.8) is 0 Å². The topological polar surface area (TPSA) is 111 Å². The summed E-state index contributed by atoms with van der Waals surface area (Å²) in [7, 11) is 0. The van der Waals surface area contributed by atoms with Crippen LogP contribution in [-0.2, 0) is 0 Å². The summed E-state index contributed by atoms with van der Waals surface area (Å²) in [6.07, 6.45) is 3.98. The fraction of sp³-hybridized carbons (Fsp3) is 0.308. The van der Waals surface area contributed by atoms with Gasteiger partial charge in [0.1, 0.15) is 11.4 Å². The summed E-state index contributed by atoms with van der Waals surface area (Å²) in [5.74, 6) is -2.30. The molecule has 190 valence electrons. The molecule has 9 nitrogen and oxygen atoms in total. The third kappa shape index (κ3) is 4.05. The fourth-order valence-corrected chi connectivity index (χ4v) is 4.90. The van der Waals surface area contributed by atoms with Crippen LogP contribution in [0.1, 0.15) is 36.3 Å². The number of fused-ring (bicyclic) bond motifs is 1. The van der Waals surface area contributed by atoms with E-state index in [0.717, 1.165) is 47.6 Å². The molecule has 37 heavy (non-hydrogen) atoms. The van der Waals surface area contributed by atoms with Crippen molar-refractivity contribution in [1.82, 2.24) is 19.6 Å². The van der Waals surface area contributed by atoms with Gasteiger partial charge in [0.2, 0.25) is 0 Å². The third-order valence-corrected chi connectivity index (χ3v) is 7.06. The predicted octanol–water partition coefficient (Wildman–Crippen LogP) is 3.23. The van der Waals surface area contributed by atoms with Crippen molar-refractivity contribution in [2.24, 2.45) is 11.7 Å². The maximum absolute atomic E-state index is 14.3. The number of amides is 1. The molecule has 2 atom stereocenters. The minimum atomic E-state index is -0.966. The number of para-hydroxylation sites is 1. The molecular weight excluding hydrogens is 480 g/mol. The number of nitrogens with two attached hydrogens (primary N) is 1. The minimum absolute atomic E-state index is 0.0156. The lowest BCUT2D eigenvalue weighted by atomic mass is 10.1. The van der Waals surface area contributed by atoms with E-state index in [9.17, 15) is 18.4 Å². The van der Waals surface area contributed by atoms with Crippen LogP contribution in [-0.4, -0.2) is 44.6 Å². The van der Waals surface area contributed by atoms with Gasteiger partial charge >= 0.3 is 0 Å². The third-order valence-electron chi connectivity index (χ3n) is 7.06. The molecule has 11 heteroatoms. The van der Waals surface area contributed by atoms with Crippen LogP contribution in [0.3, 0.4) is 0 Å². The van der Waals surface area contributed by atoms with Crippen molar-refractivity contribution < 1.29 is 13.6 Å². The highest BCUT2D eigenvalue weighted by Crippen LogP contribution is 2.42. The monoisotopic (exact) mass is 505 g/mol. The highest BCUT2D eigenvalue weighted by Gasteiger charge is 2.32. The molecule has 2 aromatic carbocycles. The number of nitrogens with zero attached hydrogens (tertiary/aromatic N) is 5. The number of carbonyl (C=O) groups is 1. The Morgan fingerprint density at radius 2 is 1.81 bits per heavy atom. The summed E-state index contributed by atoms with van der Waals surface area (Å²) in [4.78, 5) is 27.8. The quantitative estimate of drug-likeness (QED) is 0.431. The molecule has 2 aliphatic rings. The summed E-state index contributed by atoms with van der Waals surface area (Å²) in [5.41, 5.74) is 7.05. The molecular formula is C26H25F2N7O2. The van der Waals surface area contributed by atoms with Crippen molar-refractivity contribution in [2.45, 2.75) is 31.8 Å². The molecule has 2 fully saturated rings. The van der Waals surface area contributed by atoms with E-state index < -0.39 is 28.8 Å². The zero-order valence-electron chi connectivity index (χ0n) is 20.1. The number of anilines is 2. The molecule has 1 saturated heterocycles. The zero-order valence-corrected chi connectivity index (χ0v) is 20.1. The van der Waals surface area contributed by atoms with Gasteiger partial charge in [-0.1, -0.05) is 13.0 Å². The van der Waals surface area contributed by atoms with Gasteiger partial charge in [0.25, 0.3) is 11.5 Å². The van der Waals surface area contributed by atoms with Crippen LogP contribution >= 0.6 is 0 Å². The van der Waals surface area contributed by atoms with Gasteiger partial charge in [-0.25, -0.2) is 8.78 Å². The van der Waals surface area contributed by atoms with Crippen LogP contribution < -0.4 is 21.5 Å². The Kier molecular flexibility index (Phi) is 5.52. The molecule has 1 amide bonds. The van der Waals surface area contributed by atoms with Crippen LogP contribution in [0.2, 0.25) is 0 Å². The van der Waals surface area contributed by atoms with Gasteiger partial charge in [-0.05, 0) is 49.1 Å². The number of hydrogen-bond donors (Lipinski definition) is 2. The second-order valence-corrected chi connectivity index (χ2v) is 9.75. The smallest absolute Gasteiger partial charge is 0.276 e. The number of carbonyl (C=O) groups excluding carboxylic acids is 1. The normalized spacial score (nSPS) is 19.5. The van der Waals surface area contributed by atoms with E-state index in [2.05, 4.69) is 27.3 Å². The number of halogens is 2. The summed E-state index contributed by atoms with van der Waals surface area (Å²) in [6.45, 7) is 3.42. The number of nitrogens with one attached hydrogen (secondary N) is 1. The van der Waals surface area contributed by atoms with E-state index in [0.29, 0.717) is 29.5 Å². The van der Waals surface area contributed by atoms with Crippen LogP contribution in [0.25, 0.3) is 16.6 Å². The molecule has 0 spiro atoms. The van der Waals surface area contributed by atoms with Crippen LogP contribution in [0.5, 0.6) is 0 Å². The first-order valence-electron chi connectivity index (χ1n) is 12.2. The first-order valence-corrected chi connectivity index (χ1v) is 12.2. The molecule has 3 N–H and O–H groups in total. The van der Waals surface area contributed by atoms with E-state index in [1.807, 2.05) is 23.0 Å². The molecule has 1 saturated carbocycles. The van der Waals surface area contributed by atoms with Gasteiger partial charge < -0.3 is 16.0 Å². The van der Waals surface area contributed by atoms with Gasteiger partial charge in [0.15, 0.2) is 11.6 Å². The van der Waals surface area contributed by atoms with Gasteiger partial charge in [-0.15, -0.1) is 0 Å². The minimum Gasteiger partial charge on any atom is -0.367 e. The average Bonchev–Trinajstić information content (AvgIpc) is 3.53. The molecule has 0 unspecified atom stereocenters. The maximum atomic E-state index is 14.3. The average molecular weight is 506 g/mol. The number of benzene rings is 2. The molecule has 0 radical (unpaired) electrons. The summed E-state index contributed by atoms with van der Waals surface area (Å²) in [6, 6.07) is 9.61. The van der Waals surface area contributed by atoms with Gasteiger partial charge in [-0.3, -0.25) is 14.3 Å². The fourth-order valence-electron chi connectivity index (χ4n) is 4.90. The van der Waals surface area contributed by atoms with E-state index in [4.69, 9.17) is 5.73 Å². The standard InChI is InChI=1S/C26H25F2N7O2/c1-14-12-33(13-19(14)29)24-16-11-30-34(15-5-6-15)22(16)9-7-20(24)31-26(37)21-8-10-23(36)35(32-21)25-17(27)3-2-4-18(25)28/h2-4,7-11,14-15,19H,5-6,12-13,29H2,1H3,(H,31,37)/t14-,19-/m0/s1. The van der Waals surface area contributed by atoms with Crippen molar-refractivity contribution in [1.29, 1.82) is 0 Å². The Morgan fingerprint density at radius 3 is 2.49 bits per heavy atom. The lowest BCUT2D eigenvalue weighted by molar-refractivity contribution is 0.102. The van der Waals surface area contributed by atoms with Crippen LogP contribution in [0.4, 0.5) is 20.2 Å².